The van der Waals surface area contributed by atoms with Crippen molar-refractivity contribution in [3.05, 3.63) is 29.8 Å². The van der Waals surface area contributed by atoms with Crippen LogP contribution in [0.4, 0.5) is 4.39 Å². The van der Waals surface area contributed by atoms with Crippen LogP contribution in [0.15, 0.2) is 18.2 Å². The molecule has 0 aliphatic heterocycles. The van der Waals surface area contributed by atoms with Gasteiger partial charge in [0.1, 0.15) is 11.3 Å². The molecule has 1 atom stereocenters. The zero-order valence-corrected chi connectivity index (χ0v) is 11.8. The van der Waals surface area contributed by atoms with Crippen molar-refractivity contribution in [2.75, 3.05) is 12.0 Å². The zero-order valence-electron chi connectivity index (χ0n) is 11.0. The Kier molecular flexibility index (Phi) is 3.50. The van der Waals surface area contributed by atoms with E-state index in [0.29, 0.717) is 11.6 Å². The van der Waals surface area contributed by atoms with Crippen molar-refractivity contribution in [2.24, 2.45) is 5.73 Å². The number of nitrogens with zero attached hydrogens (tertiary/aromatic N) is 2. The Labute approximate surface area is 116 Å². The van der Waals surface area contributed by atoms with Gasteiger partial charge in [0.25, 0.3) is 0 Å². The smallest absolute Gasteiger partial charge is 0.151 e. The maximum absolute atomic E-state index is 13.9. The van der Waals surface area contributed by atoms with Gasteiger partial charge in [-0.15, -0.1) is 0 Å². The molecule has 2 aromatic rings. The number of aromatic nitrogens is 2. The molecule has 3 nitrogen and oxygen atoms in total. The summed E-state index contributed by atoms with van der Waals surface area (Å²) >= 11 is 1.77. The first-order chi connectivity index (χ1) is 9.22. The molecule has 0 bridgehead atoms. The molecule has 2 N–H and O–H groups in total. The summed E-state index contributed by atoms with van der Waals surface area (Å²) in [6, 6.07) is 5.50. The van der Waals surface area contributed by atoms with E-state index in [2.05, 4.69) is 15.8 Å². The zero-order chi connectivity index (χ0) is 13.4. The van der Waals surface area contributed by atoms with Gasteiger partial charge in [-0.3, -0.25) is 0 Å². The lowest BCUT2D eigenvalue weighted by atomic mass is 10.2. The van der Waals surface area contributed by atoms with Crippen LogP contribution in [0.1, 0.15) is 37.2 Å². The highest BCUT2D eigenvalue weighted by Gasteiger charge is 2.30. The third kappa shape index (κ3) is 2.37. The monoisotopic (exact) mass is 279 g/mol. The molecule has 1 heterocycles. The number of halogens is 1. The SMILES string of the molecule is CSCCC(N)c1nc2c(F)cccc2n1C1CC1. The maximum atomic E-state index is 13.9. The quantitative estimate of drug-likeness (QED) is 0.913. The van der Waals surface area contributed by atoms with Crippen molar-refractivity contribution in [3.63, 3.8) is 0 Å². The van der Waals surface area contributed by atoms with Crippen molar-refractivity contribution in [1.29, 1.82) is 0 Å². The Morgan fingerprint density at radius 3 is 3.00 bits per heavy atom. The van der Waals surface area contributed by atoms with Crippen LogP contribution in [0.5, 0.6) is 0 Å². The third-order valence-corrected chi connectivity index (χ3v) is 4.22. The summed E-state index contributed by atoms with van der Waals surface area (Å²) in [4.78, 5) is 4.48. The second-order valence-electron chi connectivity index (χ2n) is 5.07. The largest absolute Gasteiger partial charge is 0.323 e. The summed E-state index contributed by atoms with van der Waals surface area (Å²) in [5, 5.41) is 0. The van der Waals surface area contributed by atoms with E-state index in [9.17, 15) is 4.39 Å². The number of hydrogen-bond acceptors (Lipinski definition) is 3. The molecule has 0 amide bonds. The van der Waals surface area contributed by atoms with Gasteiger partial charge in [0.05, 0.1) is 11.6 Å². The van der Waals surface area contributed by atoms with Gasteiger partial charge in [0.2, 0.25) is 0 Å². The average Bonchev–Trinajstić information content (AvgIpc) is 3.16. The summed E-state index contributed by atoms with van der Waals surface area (Å²) < 4.78 is 16.0. The third-order valence-electron chi connectivity index (χ3n) is 3.57. The highest BCUT2D eigenvalue weighted by molar-refractivity contribution is 7.98. The minimum absolute atomic E-state index is 0.111. The number of benzene rings is 1. The summed E-state index contributed by atoms with van der Waals surface area (Å²) in [5.74, 6) is 1.59. The summed E-state index contributed by atoms with van der Waals surface area (Å²) in [5.41, 5.74) is 7.59. The van der Waals surface area contributed by atoms with Gasteiger partial charge >= 0.3 is 0 Å². The van der Waals surface area contributed by atoms with E-state index in [1.54, 1.807) is 17.8 Å². The predicted molar refractivity (Wildman–Crippen MR) is 77.9 cm³/mol. The molecular weight excluding hydrogens is 261 g/mol. The normalized spacial score (nSPS) is 17.0. The number of imidazole rings is 1. The van der Waals surface area contributed by atoms with E-state index in [1.807, 2.05) is 6.07 Å². The molecule has 1 saturated carbocycles. The molecule has 1 aromatic heterocycles. The van der Waals surface area contributed by atoms with Gasteiger partial charge in [0, 0.05) is 6.04 Å². The summed E-state index contributed by atoms with van der Waals surface area (Å²) in [6.45, 7) is 0. The lowest BCUT2D eigenvalue weighted by molar-refractivity contribution is 0.593. The highest BCUT2D eigenvalue weighted by atomic mass is 32.2. The molecular formula is C14H18FN3S. The van der Waals surface area contributed by atoms with E-state index < -0.39 is 0 Å². The number of fused-ring (bicyclic) bond motifs is 1. The van der Waals surface area contributed by atoms with Crippen molar-refractivity contribution in [1.82, 2.24) is 9.55 Å². The fourth-order valence-corrected chi connectivity index (χ4v) is 2.94. The van der Waals surface area contributed by atoms with E-state index in [-0.39, 0.29) is 11.9 Å². The average molecular weight is 279 g/mol. The minimum atomic E-state index is -0.254. The number of nitrogens with two attached hydrogens (primary N) is 1. The van der Waals surface area contributed by atoms with Crippen LogP contribution in [-0.2, 0) is 0 Å². The van der Waals surface area contributed by atoms with Gasteiger partial charge in [-0.1, -0.05) is 6.07 Å². The number of thioether (sulfide) groups is 1. The van der Waals surface area contributed by atoms with Crippen LogP contribution in [0, 0.1) is 5.82 Å². The summed E-state index contributed by atoms with van der Waals surface area (Å²) in [6.07, 6.45) is 5.23. The Morgan fingerprint density at radius 1 is 1.53 bits per heavy atom. The Bertz CT molecular complexity index is 592. The molecule has 0 saturated heterocycles. The Morgan fingerprint density at radius 2 is 2.32 bits per heavy atom. The molecule has 1 unspecified atom stereocenters. The lowest BCUT2D eigenvalue weighted by Gasteiger charge is -2.13. The van der Waals surface area contributed by atoms with Crippen molar-refractivity contribution < 1.29 is 4.39 Å². The molecule has 102 valence electrons. The molecule has 3 rings (SSSR count). The van der Waals surface area contributed by atoms with Crippen LogP contribution in [0.2, 0.25) is 0 Å². The van der Waals surface area contributed by atoms with Crippen molar-refractivity contribution in [3.8, 4) is 0 Å². The van der Waals surface area contributed by atoms with Gasteiger partial charge < -0.3 is 10.3 Å². The van der Waals surface area contributed by atoms with Crippen molar-refractivity contribution >= 4 is 22.8 Å². The van der Waals surface area contributed by atoms with Gasteiger partial charge in [-0.2, -0.15) is 11.8 Å². The fourth-order valence-electron chi connectivity index (χ4n) is 2.45. The topological polar surface area (TPSA) is 43.8 Å². The van der Waals surface area contributed by atoms with Crippen molar-refractivity contribution in [2.45, 2.75) is 31.3 Å². The van der Waals surface area contributed by atoms with Crippen LogP contribution >= 0.6 is 11.8 Å². The molecule has 1 aromatic carbocycles. The Balaban J connectivity index is 2.07. The first kappa shape index (κ1) is 12.9. The van der Waals surface area contributed by atoms with E-state index in [4.69, 9.17) is 5.73 Å². The molecule has 5 heteroatoms. The summed E-state index contributed by atoms with van der Waals surface area (Å²) in [7, 11) is 0. The molecule has 1 aliphatic rings. The second-order valence-corrected chi connectivity index (χ2v) is 6.05. The van der Waals surface area contributed by atoms with Crippen LogP contribution < -0.4 is 5.73 Å². The second kappa shape index (κ2) is 5.13. The molecule has 19 heavy (non-hydrogen) atoms. The first-order valence-corrected chi connectivity index (χ1v) is 8.02. The van der Waals surface area contributed by atoms with Gasteiger partial charge in [-0.05, 0) is 43.4 Å². The minimum Gasteiger partial charge on any atom is -0.323 e. The fraction of sp³-hybridized carbons (Fsp3) is 0.500. The standard InChI is InChI=1S/C14H18FN3S/c1-19-8-7-11(16)14-17-13-10(15)3-2-4-12(13)18(14)9-5-6-9/h2-4,9,11H,5-8,16H2,1H3. The lowest BCUT2D eigenvalue weighted by Crippen LogP contribution is -2.17. The highest BCUT2D eigenvalue weighted by Crippen LogP contribution is 2.40. The van der Waals surface area contributed by atoms with Gasteiger partial charge in [-0.25, -0.2) is 9.37 Å². The molecule has 0 spiro atoms. The molecule has 0 radical (unpaired) electrons. The molecule has 1 fully saturated rings. The van der Waals surface area contributed by atoms with Crippen LogP contribution in [0.3, 0.4) is 0 Å². The number of hydrogen-bond donors (Lipinski definition) is 1. The van der Waals surface area contributed by atoms with Crippen LogP contribution in [0.25, 0.3) is 11.0 Å². The van der Waals surface area contributed by atoms with Gasteiger partial charge in [0.15, 0.2) is 5.82 Å². The first-order valence-electron chi connectivity index (χ1n) is 6.63. The number of para-hydroxylation sites is 1. The Hall–Kier alpha value is -1.07. The molecule has 1 aliphatic carbocycles. The predicted octanol–water partition coefficient (Wildman–Crippen LogP) is 3.26. The van der Waals surface area contributed by atoms with E-state index in [1.165, 1.54) is 6.07 Å². The van der Waals surface area contributed by atoms with E-state index >= 15 is 0 Å². The number of rotatable bonds is 5. The van der Waals surface area contributed by atoms with E-state index in [0.717, 1.165) is 36.4 Å². The maximum Gasteiger partial charge on any atom is 0.151 e. The van der Waals surface area contributed by atoms with Crippen LogP contribution in [-0.4, -0.2) is 21.6 Å².